The van der Waals surface area contributed by atoms with Crippen molar-refractivity contribution in [2.45, 2.75) is 6.04 Å². The fourth-order valence-corrected chi connectivity index (χ4v) is 3.61. The van der Waals surface area contributed by atoms with E-state index in [0.29, 0.717) is 0 Å². The Morgan fingerprint density at radius 2 is 1.62 bits per heavy atom. The molecule has 0 fully saturated rings. The molecule has 0 aromatic heterocycles. The number of nitrogens with two attached hydrogens (primary N) is 1. The Kier molecular flexibility index (Phi) is 2.67. The van der Waals surface area contributed by atoms with Crippen LogP contribution >= 0.6 is 0 Å². The highest BCUT2D eigenvalue weighted by Crippen LogP contribution is 2.46. The van der Waals surface area contributed by atoms with Crippen LogP contribution in [-0.4, -0.2) is 14.5 Å². The van der Waals surface area contributed by atoms with E-state index in [9.17, 15) is 0 Å². The smallest absolute Gasteiger partial charge is 0.161 e. The SMILES string of the molecule is Cn1ccc2nc(-c3cccc4c3-c3ccccc3C4N)nc-2c1. The maximum atomic E-state index is 6.46. The van der Waals surface area contributed by atoms with Gasteiger partial charge in [-0.15, -0.1) is 0 Å². The Morgan fingerprint density at radius 3 is 2.54 bits per heavy atom. The van der Waals surface area contributed by atoms with Gasteiger partial charge in [0.05, 0.1) is 11.7 Å². The average molecular weight is 312 g/mol. The van der Waals surface area contributed by atoms with E-state index in [1.165, 1.54) is 16.7 Å². The Hall–Kier alpha value is -2.98. The lowest BCUT2D eigenvalue weighted by Crippen LogP contribution is -2.07. The second-order valence-electron chi connectivity index (χ2n) is 6.26. The predicted octanol–water partition coefficient (Wildman–Crippen LogP) is 3.62. The first-order valence-corrected chi connectivity index (χ1v) is 8.00. The summed E-state index contributed by atoms with van der Waals surface area (Å²) in [5, 5.41) is 0. The van der Waals surface area contributed by atoms with Gasteiger partial charge >= 0.3 is 0 Å². The molecule has 3 aliphatic rings. The molecule has 0 radical (unpaired) electrons. The van der Waals surface area contributed by atoms with E-state index in [4.69, 9.17) is 15.7 Å². The monoisotopic (exact) mass is 312 g/mol. The second kappa shape index (κ2) is 4.76. The maximum absolute atomic E-state index is 6.46. The van der Waals surface area contributed by atoms with Crippen LogP contribution in [0.15, 0.2) is 60.9 Å². The van der Waals surface area contributed by atoms with Gasteiger partial charge < -0.3 is 10.3 Å². The van der Waals surface area contributed by atoms with Crippen LogP contribution in [0.2, 0.25) is 0 Å². The predicted molar refractivity (Wildman–Crippen MR) is 94.5 cm³/mol. The fourth-order valence-electron chi connectivity index (χ4n) is 3.61. The number of hydrogen-bond acceptors (Lipinski definition) is 3. The topological polar surface area (TPSA) is 56.7 Å². The molecule has 24 heavy (non-hydrogen) atoms. The van der Waals surface area contributed by atoms with E-state index in [1.807, 2.05) is 42.2 Å². The molecule has 0 spiro atoms. The van der Waals surface area contributed by atoms with E-state index in [1.54, 1.807) is 0 Å². The molecule has 1 aliphatic carbocycles. The summed E-state index contributed by atoms with van der Waals surface area (Å²) in [5.41, 5.74) is 14.0. The van der Waals surface area contributed by atoms with Crippen molar-refractivity contribution >= 4 is 0 Å². The minimum atomic E-state index is -0.0849. The summed E-state index contributed by atoms with van der Waals surface area (Å²) in [4.78, 5) is 9.48. The van der Waals surface area contributed by atoms with Gasteiger partial charge in [-0.25, -0.2) is 9.97 Å². The molecule has 0 saturated carbocycles. The summed E-state index contributed by atoms with van der Waals surface area (Å²) >= 11 is 0. The van der Waals surface area contributed by atoms with Crippen LogP contribution < -0.4 is 5.73 Å². The number of fused-ring (bicyclic) bond motifs is 4. The number of benzene rings is 2. The Labute approximate surface area is 140 Å². The zero-order valence-corrected chi connectivity index (χ0v) is 13.3. The van der Waals surface area contributed by atoms with Gasteiger partial charge in [0.2, 0.25) is 0 Å². The number of nitrogens with zero attached hydrogens (tertiary/aromatic N) is 3. The normalized spacial score (nSPS) is 15.5. The number of imidazole rings is 1. The van der Waals surface area contributed by atoms with Gasteiger partial charge in [0, 0.05) is 25.0 Å². The third-order valence-electron chi connectivity index (χ3n) is 4.75. The van der Waals surface area contributed by atoms with Gasteiger partial charge in [0.1, 0.15) is 5.69 Å². The molecule has 2 heterocycles. The molecule has 2 aromatic carbocycles. The molecule has 4 nitrogen and oxygen atoms in total. The van der Waals surface area contributed by atoms with Crippen molar-refractivity contribution in [2.75, 3.05) is 0 Å². The van der Waals surface area contributed by atoms with Crippen molar-refractivity contribution in [1.82, 2.24) is 14.5 Å². The summed E-state index contributed by atoms with van der Waals surface area (Å²) in [6.07, 6.45) is 3.98. The first-order valence-electron chi connectivity index (χ1n) is 8.00. The molecular weight excluding hydrogens is 296 g/mol. The molecule has 0 bridgehead atoms. The number of rotatable bonds is 1. The van der Waals surface area contributed by atoms with E-state index < -0.39 is 0 Å². The van der Waals surface area contributed by atoms with E-state index >= 15 is 0 Å². The fraction of sp³-hybridized carbons (Fsp3) is 0.100. The van der Waals surface area contributed by atoms with Gasteiger partial charge in [-0.05, 0) is 28.3 Å². The summed E-state index contributed by atoms with van der Waals surface area (Å²) in [6.45, 7) is 0. The molecule has 2 aliphatic heterocycles. The molecule has 1 unspecified atom stereocenters. The van der Waals surface area contributed by atoms with E-state index in [2.05, 4.69) is 30.3 Å². The minimum Gasteiger partial charge on any atom is -0.355 e. The van der Waals surface area contributed by atoms with Gasteiger partial charge in [0.15, 0.2) is 5.82 Å². The average Bonchev–Trinajstić information content (AvgIpc) is 3.15. The molecule has 1 atom stereocenters. The lowest BCUT2D eigenvalue weighted by Gasteiger charge is -2.07. The van der Waals surface area contributed by atoms with Crippen LogP contribution in [0, 0.1) is 0 Å². The highest BCUT2D eigenvalue weighted by molar-refractivity contribution is 5.90. The second-order valence-corrected chi connectivity index (χ2v) is 6.26. The van der Waals surface area contributed by atoms with Crippen molar-refractivity contribution in [3.63, 3.8) is 0 Å². The molecule has 5 rings (SSSR count). The zero-order valence-electron chi connectivity index (χ0n) is 13.3. The van der Waals surface area contributed by atoms with Gasteiger partial charge in [-0.3, -0.25) is 0 Å². The molecule has 2 N–H and O–H groups in total. The summed E-state index contributed by atoms with van der Waals surface area (Å²) in [7, 11) is 1.99. The highest BCUT2D eigenvalue weighted by atomic mass is 15.0. The van der Waals surface area contributed by atoms with Crippen molar-refractivity contribution in [2.24, 2.45) is 12.8 Å². The van der Waals surface area contributed by atoms with Crippen LogP contribution in [0.4, 0.5) is 0 Å². The lowest BCUT2D eigenvalue weighted by atomic mass is 9.99. The van der Waals surface area contributed by atoms with Crippen molar-refractivity contribution in [3.8, 4) is 33.9 Å². The molecule has 0 saturated heterocycles. The van der Waals surface area contributed by atoms with Crippen molar-refractivity contribution in [1.29, 1.82) is 0 Å². The Morgan fingerprint density at radius 1 is 0.875 bits per heavy atom. The summed E-state index contributed by atoms with van der Waals surface area (Å²) < 4.78 is 1.99. The third-order valence-corrected chi connectivity index (χ3v) is 4.75. The number of pyridine rings is 1. The van der Waals surface area contributed by atoms with Crippen LogP contribution in [0.25, 0.3) is 33.9 Å². The highest BCUT2D eigenvalue weighted by Gasteiger charge is 2.29. The molecule has 4 heteroatoms. The Balaban J connectivity index is 1.79. The van der Waals surface area contributed by atoms with Crippen LogP contribution in [0.5, 0.6) is 0 Å². The Bertz CT molecular complexity index is 1050. The van der Waals surface area contributed by atoms with E-state index in [0.717, 1.165) is 28.3 Å². The third kappa shape index (κ3) is 1.77. The standard InChI is InChI=1S/C20H16N4/c1-24-10-9-16-17(11-24)23-20(22-16)15-8-4-7-14-18(15)12-5-2-3-6-13(12)19(14)21/h2-11,19H,21H2,1H3. The summed E-state index contributed by atoms with van der Waals surface area (Å²) in [6, 6.07) is 16.5. The molecule has 0 amide bonds. The van der Waals surface area contributed by atoms with Gasteiger partial charge in [-0.1, -0.05) is 42.5 Å². The van der Waals surface area contributed by atoms with Crippen LogP contribution in [-0.2, 0) is 7.05 Å². The van der Waals surface area contributed by atoms with Crippen LogP contribution in [0.1, 0.15) is 17.2 Å². The number of hydrogen-bond donors (Lipinski definition) is 1. The number of aromatic nitrogens is 3. The molecule has 2 aromatic rings. The first kappa shape index (κ1) is 13.5. The van der Waals surface area contributed by atoms with Crippen LogP contribution in [0.3, 0.4) is 0 Å². The molecular formula is C20H16N4. The minimum absolute atomic E-state index is 0.0849. The number of aryl methyl sites for hydroxylation is 1. The molecule has 116 valence electrons. The van der Waals surface area contributed by atoms with Crippen molar-refractivity contribution < 1.29 is 0 Å². The van der Waals surface area contributed by atoms with Gasteiger partial charge in [-0.2, -0.15) is 0 Å². The summed E-state index contributed by atoms with van der Waals surface area (Å²) in [5.74, 6) is 0.761. The van der Waals surface area contributed by atoms with E-state index in [-0.39, 0.29) is 6.04 Å². The zero-order chi connectivity index (χ0) is 16.3. The van der Waals surface area contributed by atoms with Crippen molar-refractivity contribution in [3.05, 3.63) is 72.1 Å². The quantitative estimate of drug-likeness (QED) is 0.584. The van der Waals surface area contributed by atoms with Gasteiger partial charge in [0.25, 0.3) is 0 Å². The largest absolute Gasteiger partial charge is 0.355 e. The lowest BCUT2D eigenvalue weighted by molar-refractivity contribution is 0.900. The first-order chi connectivity index (χ1) is 11.7. The maximum Gasteiger partial charge on any atom is 0.161 e.